The molecule has 1 aliphatic carbocycles. The van der Waals surface area contributed by atoms with E-state index in [2.05, 4.69) is 35.4 Å². The molecule has 1 aromatic rings. The predicted molar refractivity (Wildman–Crippen MR) is 65.4 cm³/mol. The van der Waals surface area contributed by atoms with Gasteiger partial charge in [-0.1, -0.05) is 48.6 Å². The highest BCUT2D eigenvalue weighted by Crippen LogP contribution is 2.16. The van der Waals surface area contributed by atoms with Crippen molar-refractivity contribution in [2.75, 3.05) is 7.05 Å². The summed E-state index contributed by atoms with van der Waals surface area (Å²) in [6.07, 6.45) is 8.91. The van der Waals surface area contributed by atoms with E-state index in [1.165, 1.54) is 11.1 Å². The van der Waals surface area contributed by atoms with E-state index in [9.17, 15) is 0 Å². The Morgan fingerprint density at radius 1 is 1.13 bits per heavy atom. The number of hydrogen-bond donors (Lipinski definition) is 0. The summed E-state index contributed by atoms with van der Waals surface area (Å²) in [5, 5.41) is 0. The minimum Gasteiger partial charge on any atom is -0.287 e. The smallest absolute Gasteiger partial charge is 0.0712 e. The van der Waals surface area contributed by atoms with Crippen molar-refractivity contribution in [3.63, 3.8) is 0 Å². The maximum absolute atomic E-state index is 4.38. The summed E-state index contributed by atoms with van der Waals surface area (Å²) in [7, 11) is 1.85. The standard InChI is InChI=1S/C14H15N/c1-15-14(12-8-4-2-5-9-12)13-10-6-3-7-11-13/h2,4-6,8-11H,3,7H2,1H3. The van der Waals surface area contributed by atoms with Gasteiger partial charge in [0.05, 0.1) is 5.71 Å². The molecular formula is C14H15N. The third-order valence-corrected chi connectivity index (χ3v) is 2.54. The van der Waals surface area contributed by atoms with Gasteiger partial charge in [0.15, 0.2) is 0 Å². The first-order valence-corrected chi connectivity index (χ1v) is 5.31. The van der Waals surface area contributed by atoms with Crippen molar-refractivity contribution >= 4 is 5.71 Å². The Morgan fingerprint density at radius 2 is 1.93 bits per heavy atom. The van der Waals surface area contributed by atoms with E-state index in [1.807, 2.05) is 25.2 Å². The van der Waals surface area contributed by atoms with Crippen LogP contribution in [0, 0.1) is 0 Å². The highest BCUT2D eigenvalue weighted by molar-refractivity contribution is 6.14. The van der Waals surface area contributed by atoms with Crippen LogP contribution in [0.5, 0.6) is 0 Å². The molecule has 0 atom stereocenters. The molecule has 0 amide bonds. The minimum atomic E-state index is 1.09. The zero-order valence-electron chi connectivity index (χ0n) is 8.98. The van der Waals surface area contributed by atoms with E-state index in [4.69, 9.17) is 0 Å². The van der Waals surface area contributed by atoms with Crippen LogP contribution in [-0.4, -0.2) is 12.8 Å². The van der Waals surface area contributed by atoms with Crippen LogP contribution < -0.4 is 0 Å². The molecule has 0 bridgehead atoms. The van der Waals surface area contributed by atoms with Crippen molar-refractivity contribution < 1.29 is 0 Å². The fourth-order valence-electron chi connectivity index (χ4n) is 1.81. The second kappa shape index (κ2) is 4.74. The summed E-state index contributed by atoms with van der Waals surface area (Å²) in [5.74, 6) is 0. The maximum atomic E-state index is 4.38. The lowest BCUT2D eigenvalue weighted by atomic mass is 9.97. The molecule has 0 radical (unpaired) electrons. The minimum absolute atomic E-state index is 1.09. The van der Waals surface area contributed by atoms with Crippen LogP contribution in [0.2, 0.25) is 0 Å². The monoisotopic (exact) mass is 197 g/mol. The lowest BCUT2D eigenvalue weighted by Crippen LogP contribution is -2.04. The highest BCUT2D eigenvalue weighted by Gasteiger charge is 2.07. The van der Waals surface area contributed by atoms with Gasteiger partial charge >= 0.3 is 0 Å². The SMILES string of the molecule is CN=C(C1=CCCC=C1)c1ccccc1. The average Bonchev–Trinajstić information content (AvgIpc) is 2.33. The quantitative estimate of drug-likeness (QED) is 0.644. The second-order valence-corrected chi connectivity index (χ2v) is 3.58. The molecule has 0 aromatic heterocycles. The van der Waals surface area contributed by atoms with Crippen molar-refractivity contribution in [3.8, 4) is 0 Å². The Hall–Kier alpha value is -1.63. The number of rotatable bonds is 2. The van der Waals surface area contributed by atoms with Crippen LogP contribution in [-0.2, 0) is 0 Å². The molecule has 0 aliphatic heterocycles. The van der Waals surface area contributed by atoms with E-state index >= 15 is 0 Å². The molecule has 0 saturated carbocycles. The Labute approximate surface area is 90.9 Å². The number of aliphatic imine (C=N–C) groups is 1. The van der Waals surface area contributed by atoms with Crippen LogP contribution in [0.15, 0.2) is 59.1 Å². The van der Waals surface area contributed by atoms with Gasteiger partial charge in [-0.2, -0.15) is 0 Å². The molecule has 1 nitrogen and oxygen atoms in total. The number of allylic oxidation sites excluding steroid dienone is 4. The van der Waals surface area contributed by atoms with Crippen molar-refractivity contribution in [2.45, 2.75) is 12.8 Å². The fourth-order valence-corrected chi connectivity index (χ4v) is 1.81. The number of hydrogen-bond acceptors (Lipinski definition) is 1. The molecule has 1 heteroatoms. The molecule has 1 aromatic carbocycles. The summed E-state index contributed by atoms with van der Waals surface area (Å²) >= 11 is 0. The zero-order chi connectivity index (χ0) is 10.5. The van der Waals surface area contributed by atoms with Crippen LogP contribution in [0.4, 0.5) is 0 Å². The first-order chi connectivity index (χ1) is 7.42. The third-order valence-electron chi connectivity index (χ3n) is 2.54. The number of nitrogens with zero attached hydrogens (tertiary/aromatic N) is 1. The molecule has 15 heavy (non-hydrogen) atoms. The van der Waals surface area contributed by atoms with E-state index in [1.54, 1.807) is 0 Å². The highest BCUT2D eigenvalue weighted by atomic mass is 14.7. The van der Waals surface area contributed by atoms with Gasteiger partial charge in [-0.05, 0) is 18.4 Å². The van der Waals surface area contributed by atoms with Crippen molar-refractivity contribution in [3.05, 3.63) is 59.7 Å². The molecule has 0 heterocycles. The van der Waals surface area contributed by atoms with Gasteiger partial charge in [0.2, 0.25) is 0 Å². The molecule has 76 valence electrons. The third kappa shape index (κ3) is 2.24. The van der Waals surface area contributed by atoms with E-state index < -0.39 is 0 Å². The van der Waals surface area contributed by atoms with Crippen LogP contribution in [0.25, 0.3) is 0 Å². The molecule has 0 unspecified atom stereocenters. The van der Waals surface area contributed by atoms with E-state index in [0.29, 0.717) is 0 Å². The Kier molecular flexibility index (Phi) is 3.13. The Morgan fingerprint density at radius 3 is 2.53 bits per heavy atom. The maximum Gasteiger partial charge on any atom is 0.0712 e. The second-order valence-electron chi connectivity index (χ2n) is 3.58. The van der Waals surface area contributed by atoms with Crippen LogP contribution >= 0.6 is 0 Å². The first kappa shape index (κ1) is 9.91. The van der Waals surface area contributed by atoms with Gasteiger partial charge in [0.25, 0.3) is 0 Å². The van der Waals surface area contributed by atoms with Crippen molar-refractivity contribution in [1.82, 2.24) is 0 Å². The van der Waals surface area contributed by atoms with Crippen molar-refractivity contribution in [2.24, 2.45) is 4.99 Å². The zero-order valence-corrected chi connectivity index (χ0v) is 8.98. The van der Waals surface area contributed by atoms with E-state index in [0.717, 1.165) is 18.6 Å². The molecule has 0 saturated heterocycles. The summed E-state index contributed by atoms with van der Waals surface area (Å²) in [4.78, 5) is 4.38. The molecule has 2 rings (SSSR count). The lowest BCUT2D eigenvalue weighted by Gasteiger charge is -2.10. The molecule has 1 aliphatic rings. The number of benzene rings is 1. The molecule has 0 spiro atoms. The molecular weight excluding hydrogens is 182 g/mol. The summed E-state index contributed by atoms with van der Waals surface area (Å²) in [6, 6.07) is 10.3. The van der Waals surface area contributed by atoms with Gasteiger partial charge < -0.3 is 0 Å². The Bertz CT molecular complexity index is 410. The molecule has 0 fully saturated rings. The summed E-state index contributed by atoms with van der Waals surface area (Å²) in [6.45, 7) is 0. The average molecular weight is 197 g/mol. The lowest BCUT2D eigenvalue weighted by molar-refractivity contribution is 1.03. The Balaban J connectivity index is 2.34. The van der Waals surface area contributed by atoms with Gasteiger partial charge in [-0.15, -0.1) is 0 Å². The van der Waals surface area contributed by atoms with E-state index in [-0.39, 0.29) is 0 Å². The molecule has 0 N–H and O–H groups in total. The van der Waals surface area contributed by atoms with Gasteiger partial charge in [-0.3, -0.25) is 4.99 Å². The van der Waals surface area contributed by atoms with Crippen LogP contribution in [0.1, 0.15) is 18.4 Å². The predicted octanol–water partition coefficient (Wildman–Crippen LogP) is 3.38. The normalized spacial score (nSPS) is 16.3. The summed E-state index contributed by atoms with van der Waals surface area (Å²) < 4.78 is 0. The topological polar surface area (TPSA) is 12.4 Å². The first-order valence-electron chi connectivity index (χ1n) is 5.31. The fraction of sp³-hybridized carbons (Fsp3) is 0.214. The van der Waals surface area contributed by atoms with Crippen LogP contribution in [0.3, 0.4) is 0 Å². The summed E-state index contributed by atoms with van der Waals surface area (Å²) in [5.41, 5.74) is 3.53. The largest absolute Gasteiger partial charge is 0.287 e. The van der Waals surface area contributed by atoms with Gasteiger partial charge in [0, 0.05) is 12.6 Å². The van der Waals surface area contributed by atoms with Gasteiger partial charge in [0.1, 0.15) is 0 Å². The van der Waals surface area contributed by atoms with Crippen molar-refractivity contribution in [1.29, 1.82) is 0 Å². The van der Waals surface area contributed by atoms with Gasteiger partial charge in [-0.25, -0.2) is 0 Å².